The minimum absolute atomic E-state index is 0.0491. The van der Waals surface area contributed by atoms with E-state index in [1.807, 2.05) is 24.3 Å². The van der Waals surface area contributed by atoms with E-state index in [0.29, 0.717) is 6.54 Å². The largest absolute Gasteiger partial charge is 0.469 e. The number of methoxy groups -OCH3 is 1. The van der Waals surface area contributed by atoms with Gasteiger partial charge in [-0.3, -0.25) is 4.79 Å². The fourth-order valence-corrected chi connectivity index (χ4v) is 2.62. The topological polar surface area (TPSA) is 58.2 Å². The molecule has 100 valence electrons. The van der Waals surface area contributed by atoms with Gasteiger partial charge in [0, 0.05) is 13.1 Å². The second-order valence-corrected chi connectivity index (χ2v) is 4.89. The molecule has 0 bridgehead atoms. The molecule has 1 fully saturated rings. The van der Waals surface area contributed by atoms with Gasteiger partial charge in [0.15, 0.2) is 0 Å². The van der Waals surface area contributed by atoms with Gasteiger partial charge in [-0.1, -0.05) is 12.1 Å². The Morgan fingerprint density at radius 1 is 1.47 bits per heavy atom. The summed E-state index contributed by atoms with van der Waals surface area (Å²) in [5, 5.41) is 0. The van der Waals surface area contributed by atoms with Gasteiger partial charge in [0.05, 0.1) is 24.1 Å². The number of aromatic amines is 1. The zero-order valence-corrected chi connectivity index (χ0v) is 10.9. The van der Waals surface area contributed by atoms with E-state index in [2.05, 4.69) is 14.9 Å². The summed E-state index contributed by atoms with van der Waals surface area (Å²) in [6.07, 6.45) is 1.88. The summed E-state index contributed by atoms with van der Waals surface area (Å²) in [6, 6.07) is 7.95. The first-order valence-electron chi connectivity index (χ1n) is 6.55. The first-order valence-corrected chi connectivity index (χ1v) is 6.55. The third kappa shape index (κ3) is 2.28. The molecule has 1 N–H and O–H groups in total. The van der Waals surface area contributed by atoms with Crippen molar-refractivity contribution < 1.29 is 9.53 Å². The molecule has 0 radical (unpaired) electrons. The highest BCUT2D eigenvalue weighted by molar-refractivity contribution is 5.78. The normalized spacial score (nSPS) is 19.6. The van der Waals surface area contributed by atoms with Gasteiger partial charge in [-0.05, 0) is 25.0 Å². The molecule has 0 aliphatic carbocycles. The average Bonchev–Trinajstić information content (AvgIpc) is 2.90. The lowest BCUT2D eigenvalue weighted by Crippen LogP contribution is -2.39. The van der Waals surface area contributed by atoms with Gasteiger partial charge in [-0.25, -0.2) is 4.98 Å². The van der Waals surface area contributed by atoms with Crippen LogP contribution in [-0.4, -0.2) is 36.1 Å². The molecule has 1 atom stereocenters. The first-order chi connectivity index (χ1) is 9.28. The van der Waals surface area contributed by atoms with Crippen molar-refractivity contribution in [2.75, 3.05) is 25.1 Å². The Kier molecular flexibility index (Phi) is 3.11. The number of nitrogens with zero attached hydrogens (tertiary/aromatic N) is 2. The van der Waals surface area contributed by atoms with Crippen molar-refractivity contribution in [2.24, 2.45) is 5.92 Å². The fraction of sp³-hybridized carbons (Fsp3) is 0.429. The molecular formula is C14H17N3O2. The lowest BCUT2D eigenvalue weighted by molar-refractivity contribution is -0.145. The number of nitrogens with one attached hydrogen (secondary N) is 1. The summed E-state index contributed by atoms with van der Waals surface area (Å²) in [7, 11) is 1.45. The summed E-state index contributed by atoms with van der Waals surface area (Å²) >= 11 is 0. The highest BCUT2D eigenvalue weighted by Crippen LogP contribution is 2.23. The third-order valence-corrected chi connectivity index (χ3v) is 3.63. The van der Waals surface area contributed by atoms with Gasteiger partial charge in [0.25, 0.3) is 0 Å². The van der Waals surface area contributed by atoms with Crippen LogP contribution in [0.1, 0.15) is 12.8 Å². The summed E-state index contributed by atoms with van der Waals surface area (Å²) in [4.78, 5) is 21.6. The van der Waals surface area contributed by atoms with Crippen LogP contribution in [0.15, 0.2) is 24.3 Å². The summed E-state index contributed by atoms with van der Waals surface area (Å²) in [5.74, 6) is 0.669. The molecule has 2 aromatic rings. The van der Waals surface area contributed by atoms with E-state index in [1.54, 1.807) is 0 Å². The summed E-state index contributed by atoms with van der Waals surface area (Å²) in [5.41, 5.74) is 1.98. The van der Waals surface area contributed by atoms with E-state index in [1.165, 1.54) is 7.11 Å². The fourth-order valence-electron chi connectivity index (χ4n) is 2.62. The van der Waals surface area contributed by atoms with E-state index in [9.17, 15) is 4.79 Å². The number of hydrogen-bond donors (Lipinski definition) is 1. The number of hydrogen-bond acceptors (Lipinski definition) is 4. The Morgan fingerprint density at radius 3 is 3.11 bits per heavy atom. The Balaban J connectivity index is 1.83. The molecule has 1 saturated heterocycles. The molecule has 1 aliphatic heterocycles. The van der Waals surface area contributed by atoms with Gasteiger partial charge < -0.3 is 14.6 Å². The summed E-state index contributed by atoms with van der Waals surface area (Å²) < 4.78 is 4.84. The smallest absolute Gasteiger partial charge is 0.310 e. The number of benzene rings is 1. The van der Waals surface area contributed by atoms with Gasteiger partial charge in [0.1, 0.15) is 0 Å². The number of esters is 1. The maximum atomic E-state index is 11.6. The van der Waals surface area contributed by atoms with E-state index in [0.717, 1.165) is 36.4 Å². The molecule has 5 nitrogen and oxygen atoms in total. The van der Waals surface area contributed by atoms with Crippen molar-refractivity contribution in [2.45, 2.75) is 12.8 Å². The second-order valence-electron chi connectivity index (χ2n) is 4.89. The zero-order chi connectivity index (χ0) is 13.2. The molecule has 2 heterocycles. The molecule has 1 aliphatic rings. The number of piperidine rings is 1. The Labute approximate surface area is 111 Å². The number of para-hydroxylation sites is 2. The summed E-state index contributed by atoms with van der Waals surface area (Å²) in [6.45, 7) is 1.60. The maximum absolute atomic E-state index is 11.6. The van der Waals surface area contributed by atoms with Gasteiger partial charge in [-0.15, -0.1) is 0 Å². The number of aromatic nitrogens is 2. The first kappa shape index (κ1) is 12.0. The minimum atomic E-state index is -0.124. The van der Waals surface area contributed by atoms with E-state index in [4.69, 9.17) is 4.74 Å². The van der Waals surface area contributed by atoms with Crippen molar-refractivity contribution in [3.05, 3.63) is 24.3 Å². The van der Waals surface area contributed by atoms with E-state index >= 15 is 0 Å². The van der Waals surface area contributed by atoms with Gasteiger partial charge in [-0.2, -0.15) is 0 Å². The number of H-pyrrole nitrogens is 1. The number of carbonyl (C=O) groups excluding carboxylic acids is 1. The average molecular weight is 259 g/mol. The second kappa shape index (κ2) is 4.91. The zero-order valence-electron chi connectivity index (χ0n) is 10.9. The third-order valence-electron chi connectivity index (χ3n) is 3.63. The molecule has 0 saturated carbocycles. The predicted molar refractivity (Wildman–Crippen MR) is 73.0 cm³/mol. The number of fused-ring (bicyclic) bond motifs is 1. The van der Waals surface area contributed by atoms with Crippen LogP contribution < -0.4 is 4.90 Å². The predicted octanol–water partition coefficient (Wildman–Crippen LogP) is 1.95. The van der Waals surface area contributed by atoms with Gasteiger partial charge in [0.2, 0.25) is 5.95 Å². The molecule has 1 unspecified atom stereocenters. The number of ether oxygens (including phenoxy) is 1. The number of carbonyl (C=O) groups is 1. The SMILES string of the molecule is COC(=O)C1CCCN(c2nc3ccccc3[nH]2)C1. The highest BCUT2D eigenvalue weighted by atomic mass is 16.5. The Hall–Kier alpha value is -2.04. The molecule has 19 heavy (non-hydrogen) atoms. The Bertz CT molecular complexity index is 560. The Morgan fingerprint density at radius 2 is 2.32 bits per heavy atom. The number of anilines is 1. The molecule has 0 amide bonds. The maximum Gasteiger partial charge on any atom is 0.310 e. The van der Waals surface area contributed by atoms with Crippen LogP contribution in [0.3, 0.4) is 0 Å². The van der Waals surface area contributed by atoms with Gasteiger partial charge >= 0.3 is 5.97 Å². The van der Waals surface area contributed by atoms with Crippen LogP contribution in [0, 0.1) is 5.92 Å². The number of rotatable bonds is 2. The van der Waals surface area contributed by atoms with E-state index in [-0.39, 0.29) is 11.9 Å². The van der Waals surface area contributed by atoms with E-state index < -0.39 is 0 Å². The molecule has 0 spiro atoms. The highest BCUT2D eigenvalue weighted by Gasteiger charge is 2.27. The van der Waals surface area contributed by atoms with Crippen LogP contribution >= 0.6 is 0 Å². The molecule has 5 heteroatoms. The van der Waals surface area contributed by atoms with Crippen LogP contribution in [-0.2, 0) is 9.53 Å². The van der Waals surface area contributed by atoms with Crippen LogP contribution in [0.4, 0.5) is 5.95 Å². The quantitative estimate of drug-likeness (QED) is 0.837. The van der Waals surface area contributed by atoms with Crippen LogP contribution in [0.25, 0.3) is 11.0 Å². The lowest BCUT2D eigenvalue weighted by Gasteiger charge is -2.30. The molecule has 1 aromatic heterocycles. The van der Waals surface area contributed by atoms with Crippen molar-refractivity contribution in [3.8, 4) is 0 Å². The standard InChI is InChI=1S/C14H17N3O2/c1-19-13(18)10-5-4-8-17(9-10)14-15-11-6-2-3-7-12(11)16-14/h2-3,6-7,10H,4-5,8-9H2,1H3,(H,15,16). The molecular weight excluding hydrogens is 242 g/mol. The molecule has 1 aromatic carbocycles. The van der Waals surface area contributed by atoms with Crippen LogP contribution in [0.5, 0.6) is 0 Å². The number of imidazole rings is 1. The van der Waals surface area contributed by atoms with Crippen molar-refractivity contribution in [3.63, 3.8) is 0 Å². The lowest BCUT2D eigenvalue weighted by atomic mass is 9.98. The molecule has 3 rings (SSSR count). The van der Waals surface area contributed by atoms with Crippen molar-refractivity contribution in [1.29, 1.82) is 0 Å². The van der Waals surface area contributed by atoms with Crippen LogP contribution in [0.2, 0.25) is 0 Å². The van der Waals surface area contributed by atoms with Crippen molar-refractivity contribution >= 4 is 23.0 Å². The van der Waals surface area contributed by atoms with Crippen molar-refractivity contribution in [1.82, 2.24) is 9.97 Å². The monoisotopic (exact) mass is 259 g/mol. The minimum Gasteiger partial charge on any atom is -0.469 e.